The molecule has 0 bridgehead atoms. The summed E-state index contributed by atoms with van der Waals surface area (Å²) >= 11 is 1.43. The molecule has 136 valence electrons. The van der Waals surface area contributed by atoms with E-state index in [1.165, 1.54) is 11.3 Å². The third-order valence-corrected chi connectivity index (χ3v) is 4.95. The van der Waals surface area contributed by atoms with Crippen LogP contribution in [0.15, 0.2) is 9.90 Å². The molecule has 0 spiro atoms. The summed E-state index contributed by atoms with van der Waals surface area (Å²) in [5.74, 6) is 0.313. The smallest absolute Gasteiger partial charge is 0.262 e. The van der Waals surface area contributed by atoms with Crippen molar-refractivity contribution in [1.82, 2.24) is 15.0 Å². The second-order valence-corrected chi connectivity index (χ2v) is 7.32. The van der Waals surface area contributed by atoms with E-state index < -0.39 is 0 Å². The van der Waals surface area contributed by atoms with Crippen molar-refractivity contribution in [1.29, 1.82) is 0 Å². The number of hydrogen-bond acceptors (Lipinski definition) is 7. The fraction of sp³-hybridized carbons (Fsp3) is 0.588. The molecule has 2 aromatic rings. The number of ether oxygens (including phenoxy) is 1. The van der Waals surface area contributed by atoms with Gasteiger partial charge in [0.2, 0.25) is 0 Å². The monoisotopic (exact) mass is 364 g/mol. The van der Waals surface area contributed by atoms with Gasteiger partial charge in [-0.15, -0.1) is 11.3 Å². The van der Waals surface area contributed by atoms with E-state index in [9.17, 15) is 4.79 Å². The van der Waals surface area contributed by atoms with Crippen LogP contribution in [0.5, 0.6) is 0 Å². The van der Waals surface area contributed by atoms with Gasteiger partial charge in [-0.3, -0.25) is 15.0 Å². The number of nitrogens with zero attached hydrogens (tertiary/aromatic N) is 3. The standard InChI is InChI=1S/C17H24N4O3S/c1-5-14-15(12(4)24-20-14)16(22)19-17-18-13(9-25-17)8-21-6-10(2)23-11(3)7-21/h9-11H,5-8H2,1-4H3,(H,18,19,22). The van der Waals surface area contributed by atoms with Gasteiger partial charge in [-0.1, -0.05) is 12.1 Å². The van der Waals surface area contributed by atoms with Gasteiger partial charge in [0.25, 0.3) is 5.91 Å². The summed E-state index contributed by atoms with van der Waals surface area (Å²) < 4.78 is 10.9. The molecule has 1 fully saturated rings. The number of thiazole rings is 1. The minimum Gasteiger partial charge on any atom is -0.373 e. The summed E-state index contributed by atoms with van der Waals surface area (Å²) in [4.78, 5) is 19.4. The Morgan fingerprint density at radius 1 is 1.40 bits per heavy atom. The third-order valence-electron chi connectivity index (χ3n) is 4.15. The Kier molecular flexibility index (Phi) is 5.51. The van der Waals surface area contributed by atoms with Crippen LogP contribution in [0.25, 0.3) is 0 Å². The van der Waals surface area contributed by atoms with Crippen LogP contribution >= 0.6 is 11.3 Å². The molecule has 8 heteroatoms. The Morgan fingerprint density at radius 2 is 2.12 bits per heavy atom. The van der Waals surface area contributed by atoms with Crippen LogP contribution in [0, 0.1) is 6.92 Å². The molecule has 3 heterocycles. The number of carbonyl (C=O) groups is 1. The molecule has 2 aromatic heterocycles. The number of aryl methyl sites for hydroxylation is 2. The highest BCUT2D eigenvalue weighted by Gasteiger charge is 2.23. The van der Waals surface area contributed by atoms with Crippen molar-refractivity contribution < 1.29 is 14.1 Å². The molecule has 1 aliphatic rings. The van der Waals surface area contributed by atoms with Gasteiger partial charge in [-0.05, 0) is 27.2 Å². The Morgan fingerprint density at radius 3 is 2.80 bits per heavy atom. The van der Waals surface area contributed by atoms with E-state index in [0.29, 0.717) is 28.6 Å². The summed E-state index contributed by atoms with van der Waals surface area (Å²) in [6.07, 6.45) is 1.10. The van der Waals surface area contributed by atoms with Crippen molar-refractivity contribution in [2.75, 3.05) is 18.4 Å². The third kappa shape index (κ3) is 4.26. The SMILES string of the molecule is CCc1noc(C)c1C(=O)Nc1nc(CN2CC(C)OC(C)C2)cs1. The van der Waals surface area contributed by atoms with Crippen molar-refractivity contribution in [2.45, 2.75) is 52.9 Å². The Bertz CT molecular complexity index is 732. The van der Waals surface area contributed by atoms with Gasteiger partial charge in [0.05, 0.1) is 23.6 Å². The maximum atomic E-state index is 12.5. The highest BCUT2D eigenvalue weighted by Crippen LogP contribution is 2.21. The van der Waals surface area contributed by atoms with Crippen LogP contribution in [0.2, 0.25) is 0 Å². The summed E-state index contributed by atoms with van der Waals surface area (Å²) in [6.45, 7) is 10.4. The lowest BCUT2D eigenvalue weighted by molar-refractivity contribution is -0.0707. The number of morpholine rings is 1. The van der Waals surface area contributed by atoms with Crippen LogP contribution in [-0.2, 0) is 17.7 Å². The largest absolute Gasteiger partial charge is 0.373 e. The molecule has 7 nitrogen and oxygen atoms in total. The second kappa shape index (κ2) is 7.63. The van der Waals surface area contributed by atoms with Crippen LogP contribution in [0.1, 0.15) is 48.3 Å². The molecular weight excluding hydrogens is 340 g/mol. The van der Waals surface area contributed by atoms with Gasteiger partial charge < -0.3 is 9.26 Å². The minimum atomic E-state index is -0.217. The normalized spacial score (nSPS) is 21.4. The minimum absolute atomic E-state index is 0.217. The first-order valence-electron chi connectivity index (χ1n) is 8.55. The lowest BCUT2D eigenvalue weighted by atomic mass is 10.1. The predicted molar refractivity (Wildman–Crippen MR) is 96.0 cm³/mol. The lowest BCUT2D eigenvalue weighted by Crippen LogP contribution is -2.44. The van der Waals surface area contributed by atoms with E-state index in [1.54, 1.807) is 6.92 Å². The number of rotatable bonds is 5. The van der Waals surface area contributed by atoms with Crippen LogP contribution in [-0.4, -0.2) is 46.2 Å². The number of carbonyl (C=O) groups excluding carboxylic acids is 1. The van der Waals surface area contributed by atoms with E-state index in [2.05, 4.69) is 34.2 Å². The van der Waals surface area contributed by atoms with E-state index in [0.717, 1.165) is 25.3 Å². The van der Waals surface area contributed by atoms with Crippen molar-refractivity contribution in [3.8, 4) is 0 Å². The molecule has 2 unspecified atom stereocenters. The molecule has 0 radical (unpaired) electrons. The van der Waals surface area contributed by atoms with Crippen LogP contribution < -0.4 is 5.32 Å². The fourth-order valence-corrected chi connectivity index (χ4v) is 3.89. The van der Waals surface area contributed by atoms with Crippen molar-refractivity contribution in [2.24, 2.45) is 0 Å². The molecule has 1 N–H and O–H groups in total. The first kappa shape index (κ1) is 18.0. The molecule has 0 aliphatic carbocycles. The van der Waals surface area contributed by atoms with Crippen molar-refractivity contribution in [3.05, 3.63) is 28.1 Å². The Balaban J connectivity index is 1.63. The number of hydrogen-bond donors (Lipinski definition) is 1. The van der Waals surface area contributed by atoms with E-state index >= 15 is 0 Å². The molecule has 3 rings (SSSR count). The fourth-order valence-electron chi connectivity index (χ4n) is 3.19. The number of aromatic nitrogens is 2. The van der Waals surface area contributed by atoms with Gasteiger partial charge in [0, 0.05) is 25.0 Å². The van der Waals surface area contributed by atoms with Gasteiger partial charge in [-0.25, -0.2) is 4.98 Å². The van der Waals surface area contributed by atoms with Gasteiger partial charge in [-0.2, -0.15) is 0 Å². The van der Waals surface area contributed by atoms with Crippen LogP contribution in [0.4, 0.5) is 5.13 Å². The topological polar surface area (TPSA) is 80.5 Å². The van der Waals surface area contributed by atoms with E-state index in [4.69, 9.17) is 9.26 Å². The zero-order valence-corrected chi connectivity index (χ0v) is 15.9. The van der Waals surface area contributed by atoms with E-state index in [-0.39, 0.29) is 18.1 Å². The Hall–Kier alpha value is -1.77. The average molecular weight is 364 g/mol. The summed E-state index contributed by atoms with van der Waals surface area (Å²) in [6, 6.07) is 0. The van der Waals surface area contributed by atoms with E-state index in [1.807, 2.05) is 12.3 Å². The summed E-state index contributed by atoms with van der Waals surface area (Å²) in [5.41, 5.74) is 2.14. The number of amides is 1. The quantitative estimate of drug-likeness (QED) is 0.879. The van der Waals surface area contributed by atoms with Crippen molar-refractivity contribution in [3.63, 3.8) is 0 Å². The van der Waals surface area contributed by atoms with Crippen molar-refractivity contribution >= 4 is 22.4 Å². The number of anilines is 1. The maximum Gasteiger partial charge on any atom is 0.262 e. The summed E-state index contributed by atoms with van der Waals surface area (Å²) in [7, 11) is 0. The summed E-state index contributed by atoms with van der Waals surface area (Å²) in [5, 5.41) is 9.36. The zero-order chi connectivity index (χ0) is 18.0. The maximum absolute atomic E-state index is 12.5. The molecule has 1 saturated heterocycles. The first-order chi connectivity index (χ1) is 12.0. The van der Waals surface area contributed by atoms with Crippen LogP contribution in [0.3, 0.4) is 0 Å². The van der Waals surface area contributed by atoms with Gasteiger partial charge in [0.1, 0.15) is 11.3 Å². The predicted octanol–water partition coefficient (Wildman–Crippen LogP) is 2.86. The molecule has 1 aliphatic heterocycles. The molecule has 25 heavy (non-hydrogen) atoms. The second-order valence-electron chi connectivity index (χ2n) is 6.46. The molecular formula is C17H24N4O3S. The molecule has 1 amide bonds. The highest BCUT2D eigenvalue weighted by atomic mass is 32.1. The number of nitrogens with one attached hydrogen (secondary N) is 1. The zero-order valence-electron chi connectivity index (χ0n) is 15.0. The first-order valence-corrected chi connectivity index (χ1v) is 9.43. The average Bonchev–Trinajstić information content (AvgIpc) is 3.12. The molecule has 2 atom stereocenters. The molecule has 0 saturated carbocycles. The lowest BCUT2D eigenvalue weighted by Gasteiger charge is -2.34. The highest BCUT2D eigenvalue weighted by molar-refractivity contribution is 7.14. The molecule has 0 aromatic carbocycles. The van der Waals surface area contributed by atoms with Gasteiger partial charge in [0.15, 0.2) is 5.13 Å². The Labute approximate surface area is 151 Å². The van der Waals surface area contributed by atoms with Gasteiger partial charge >= 0.3 is 0 Å².